The standard InChI is InChI=1S/C23H25N3O5/c1-2-11-26(22(27)15-28-14-17-6-4-3-5-7-17)12-10-21-24-23(25-31-21)18-8-9-19-20(13-18)30-16-29-19/h3-9,13H,2,10-12,14-16H2,1H3. The zero-order valence-electron chi connectivity index (χ0n) is 17.5. The van der Waals surface area contributed by atoms with Crippen molar-refractivity contribution in [1.29, 1.82) is 0 Å². The molecule has 1 aliphatic rings. The van der Waals surface area contributed by atoms with Crippen molar-refractivity contribution in [3.8, 4) is 22.9 Å². The van der Waals surface area contributed by atoms with Crippen molar-refractivity contribution in [3.63, 3.8) is 0 Å². The molecule has 3 aromatic rings. The summed E-state index contributed by atoms with van der Waals surface area (Å²) in [7, 11) is 0. The molecule has 2 aromatic carbocycles. The lowest BCUT2D eigenvalue weighted by atomic mass is 10.2. The van der Waals surface area contributed by atoms with E-state index < -0.39 is 0 Å². The Bertz CT molecular complexity index is 1010. The topological polar surface area (TPSA) is 86.9 Å². The average Bonchev–Trinajstić information content (AvgIpc) is 3.46. The molecule has 1 aliphatic heterocycles. The van der Waals surface area contributed by atoms with Gasteiger partial charge in [0.25, 0.3) is 0 Å². The molecule has 0 atom stereocenters. The predicted octanol–water partition coefficient (Wildman–Crippen LogP) is 3.46. The maximum Gasteiger partial charge on any atom is 0.248 e. The minimum atomic E-state index is -0.0479. The van der Waals surface area contributed by atoms with E-state index in [4.69, 9.17) is 18.7 Å². The molecular formula is C23H25N3O5. The van der Waals surface area contributed by atoms with Gasteiger partial charge in [-0.15, -0.1) is 0 Å². The second-order valence-electron chi connectivity index (χ2n) is 7.19. The van der Waals surface area contributed by atoms with Crippen molar-refractivity contribution in [1.82, 2.24) is 15.0 Å². The summed E-state index contributed by atoms with van der Waals surface area (Å²) in [5, 5.41) is 4.05. The SMILES string of the molecule is CCCN(CCc1nc(-c2ccc3c(c2)OCO3)no1)C(=O)COCc1ccccc1. The third-order valence-electron chi connectivity index (χ3n) is 4.88. The number of aromatic nitrogens is 2. The van der Waals surface area contributed by atoms with Crippen molar-refractivity contribution in [2.24, 2.45) is 0 Å². The van der Waals surface area contributed by atoms with Crippen molar-refractivity contribution in [2.75, 3.05) is 26.5 Å². The highest BCUT2D eigenvalue weighted by Crippen LogP contribution is 2.35. The molecule has 0 saturated carbocycles. The van der Waals surface area contributed by atoms with E-state index in [2.05, 4.69) is 10.1 Å². The molecule has 0 spiro atoms. The van der Waals surface area contributed by atoms with Gasteiger partial charge in [0.1, 0.15) is 6.61 Å². The first-order valence-corrected chi connectivity index (χ1v) is 10.3. The van der Waals surface area contributed by atoms with E-state index in [0.717, 1.165) is 17.5 Å². The van der Waals surface area contributed by atoms with Crippen molar-refractivity contribution < 1.29 is 23.5 Å². The van der Waals surface area contributed by atoms with Crippen LogP contribution in [-0.4, -0.2) is 47.4 Å². The lowest BCUT2D eigenvalue weighted by Crippen LogP contribution is -2.36. The van der Waals surface area contributed by atoms with Crippen LogP contribution in [0, 0.1) is 0 Å². The van der Waals surface area contributed by atoms with Gasteiger partial charge in [-0.2, -0.15) is 4.98 Å². The van der Waals surface area contributed by atoms with E-state index in [0.29, 0.717) is 49.3 Å². The summed E-state index contributed by atoms with van der Waals surface area (Å²) in [6.45, 7) is 3.85. The van der Waals surface area contributed by atoms with E-state index in [9.17, 15) is 4.79 Å². The van der Waals surface area contributed by atoms with Crippen LogP contribution >= 0.6 is 0 Å². The smallest absolute Gasteiger partial charge is 0.248 e. The molecule has 4 rings (SSSR count). The van der Waals surface area contributed by atoms with Gasteiger partial charge in [0.15, 0.2) is 11.5 Å². The Morgan fingerprint density at radius 3 is 2.77 bits per heavy atom. The fourth-order valence-electron chi connectivity index (χ4n) is 3.29. The molecule has 31 heavy (non-hydrogen) atoms. The number of amides is 1. The zero-order valence-corrected chi connectivity index (χ0v) is 17.5. The van der Waals surface area contributed by atoms with Crippen LogP contribution in [-0.2, 0) is 22.6 Å². The third-order valence-corrected chi connectivity index (χ3v) is 4.88. The van der Waals surface area contributed by atoms with Gasteiger partial charge in [0.05, 0.1) is 6.61 Å². The molecule has 162 valence electrons. The van der Waals surface area contributed by atoms with Crippen LogP contribution in [0.4, 0.5) is 0 Å². The second-order valence-corrected chi connectivity index (χ2v) is 7.19. The molecule has 1 aromatic heterocycles. The largest absolute Gasteiger partial charge is 0.454 e. The molecular weight excluding hydrogens is 398 g/mol. The Labute approximate surface area is 180 Å². The number of carbonyl (C=O) groups excluding carboxylic acids is 1. The molecule has 0 radical (unpaired) electrons. The summed E-state index contributed by atoms with van der Waals surface area (Å²) < 4.78 is 21.7. The molecule has 0 aliphatic carbocycles. The Balaban J connectivity index is 1.30. The first kappa shape index (κ1) is 20.9. The number of carbonyl (C=O) groups is 1. The fourth-order valence-corrected chi connectivity index (χ4v) is 3.29. The third kappa shape index (κ3) is 5.40. The molecule has 8 heteroatoms. The number of fused-ring (bicyclic) bond motifs is 1. The molecule has 0 bridgehead atoms. The fraction of sp³-hybridized carbons (Fsp3) is 0.348. The number of hydrogen-bond acceptors (Lipinski definition) is 7. The first-order valence-electron chi connectivity index (χ1n) is 10.3. The molecule has 2 heterocycles. The number of rotatable bonds is 10. The molecule has 0 saturated heterocycles. The van der Waals surface area contributed by atoms with Gasteiger partial charge in [0.2, 0.25) is 24.4 Å². The van der Waals surface area contributed by atoms with Crippen LogP contribution in [0.1, 0.15) is 24.8 Å². The van der Waals surface area contributed by atoms with Crippen molar-refractivity contribution in [2.45, 2.75) is 26.4 Å². The van der Waals surface area contributed by atoms with Crippen molar-refractivity contribution >= 4 is 5.91 Å². The van der Waals surface area contributed by atoms with E-state index >= 15 is 0 Å². The highest BCUT2D eigenvalue weighted by Gasteiger charge is 2.18. The summed E-state index contributed by atoms with van der Waals surface area (Å²) in [5.74, 6) is 2.28. The van der Waals surface area contributed by atoms with Crippen molar-refractivity contribution in [3.05, 3.63) is 60.0 Å². The highest BCUT2D eigenvalue weighted by molar-refractivity contribution is 5.77. The molecule has 8 nitrogen and oxygen atoms in total. The average molecular weight is 423 g/mol. The number of nitrogens with zero attached hydrogens (tertiary/aromatic N) is 3. The van der Waals surface area contributed by atoms with Gasteiger partial charge in [-0.3, -0.25) is 4.79 Å². The number of ether oxygens (including phenoxy) is 3. The quantitative estimate of drug-likeness (QED) is 0.493. The van der Waals surface area contributed by atoms with Crippen LogP contribution < -0.4 is 9.47 Å². The van der Waals surface area contributed by atoms with Gasteiger partial charge in [-0.1, -0.05) is 42.4 Å². The van der Waals surface area contributed by atoms with Crippen LogP contribution in [0.3, 0.4) is 0 Å². The van der Waals surface area contributed by atoms with Gasteiger partial charge in [0, 0.05) is 25.1 Å². The summed E-state index contributed by atoms with van der Waals surface area (Å²) in [5.41, 5.74) is 1.83. The summed E-state index contributed by atoms with van der Waals surface area (Å²) in [6, 6.07) is 15.3. The summed E-state index contributed by atoms with van der Waals surface area (Å²) in [4.78, 5) is 18.8. The second kappa shape index (κ2) is 10.1. The molecule has 0 fully saturated rings. The maximum atomic E-state index is 12.6. The number of benzene rings is 2. The Kier molecular flexibility index (Phi) is 6.78. The molecule has 0 N–H and O–H groups in total. The van der Waals surface area contributed by atoms with Gasteiger partial charge < -0.3 is 23.6 Å². The summed E-state index contributed by atoms with van der Waals surface area (Å²) >= 11 is 0. The Morgan fingerprint density at radius 1 is 1.10 bits per heavy atom. The maximum absolute atomic E-state index is 12.6. The first-order chi connectivity index (χ1) is 15.2. The van der Waals surface area contributed by atoms with Gasteiger partial charge in [-0.25, -0.2) is 0 Å². The van der Waals surface area contributed by atoms with Gasteiger partial charge >= 0.3 is 0 Å². The minimum Gasteiger partial charge on any atom is -0.454 e. The van der Waals surface area contributed by atoms with Gasteiger partial charge in [-0.05, 0) is 30.2 Å². The normalized spacial score (nSPS) is 12.2. The monoisotopic (exact) mass is 423 g/mol. The number of hydrogen-bond donors (Lipinski definition) is 0. The molecule has 1 amide bonds. The zero-order chi connectivity index (χ0) is 21.5. The lowest BCUT2D eigenvalue weighted by Gasteiger charge is -2.21. The van der Waals surface area contributed by atoms with E-state index in [1.165, 1.54) is 0 Å². The van der Waals surface area contributed by atoms with E-state index in [-0.39, 0.29) is 19.3 Å². The minimum absolute atomic E-state index is 0.0428. The van der Waals surface area contributed by atoms with E-state index in [1.54, 1.807) is 4.90 Å². The van der Waals surface area contributed by atoms with Crippen LogP contribution in [0.5, 0.6) is 11.5 Å². The Morgan fingerprint density at radius 2 is 1.94 bits per heavy atom. The van der Waals surface area contributed by atoms with Crippen LogP contribution in [0.25, 0.3) is 11.4 Å². The molecule has 0 unspecified atom stereocenters. The predicted molar refractivity (Wildman–Crippen MR) is 113 cm³/mol. The summed E-state index contributed by atoms with van der Waals surface area (Å²) in [6.07, 6.45) is 1.33. The highest BCUT2D eigenvalue weighted by atomic mass is 16.7. The Hall–Kier alpha value is -3.39. The van der Waals surface area contributed by atoms with Crippen LogP contribution in [0.15, 0.2) is 53.1 Å². The van der Waals surface area contributed by atoms with Crippen LogP contribution in [0.2, 0.25) is 0 Å². The van der Waals surface area contributed by atoms with E-state index in [1.807, 2.05) is 55.5 Å². The lowest BCUT2D eigenvalue weighted by molar-refractivity contribution is -0.136.